The van der Waals surface area contributed by atoms with E-state index in [0.29, 0.717) is 6.08 Å². The Balaban J connectivity index is 3.46. The third-order valence-electron chi connectivity index (χ3n) is 2.44. The number of rotatable bonds is 4. The maximum Gasteiger partial charge on any atom is 0.325 e. The fraction of sp³-hybridized carbons (Fsp3) is 0.200. The van der Waals surface area contributed by atoms with Crippen molar-refractivity contribution in [2.24, 2.45) is 5.41 Å². The normalized spacial score (nSPS) is 17.4. The Morgan fingerprint density at radius 2 is 1.56 bits per heavy atom. The molecule has 0 aromatic heterocycles. The van der Waals surface area contributed by atoms with E-state index in [-0.39, 0.29) is 5.57 Å². The molecule has 0 saturated heterocycles. The van der Waals surface area contributed by atoms with E-state index in [1.165, 1.54) is 0 Å². The Labute approximate surface area is 110 Å². The first-order chi connectivity index (χ1) is 8.20. The van der Waals surface area contributed by atoms with E-state index in [1.807, 2.05) is 0 Å². The molecule has 0 aromatic carbocycles. The van der Waals surface area contributed by atoms with Crippen molar-refractivity contribution in [3.8, 4) is 0 Å². The van der Waals surface area contributed by atoms with Gasteiger partial charge in [0.25, 0.3) is 5.24 Å². The monoisotopic (exact) mass is 292 g/mol. The number of aliphatic carboxylic acids is 2. The van der Waals surface area contributed by atoms with Crippen molar-refractivity contribution < 1.29 is 29.4 Å². The topological polar surface area (TPSA) is 109 Å². The lowest BCUT2D eigenvalue weighted by atomic mass is 9.76. The third-order valence-corrected chi connectivity index (χ3v) is 2.90. The van der Waals surface area contributed by atoms with Crippen molar-refractivity contribution in [3.05, 3.63) is 23.3 Å². The molecule has 0 saturated carbocycles. The maximum atomic E-state index is 11.1. The predicted octanol–water partition coefficient (Wildman–Crippen LogP) is 0.929. The molecule has 0 atom stereocenters. The summed E-state index contributed by atoms with van der Waals surface area (Å²) in [7, 11) is 0. The van der Waals surface area contributed by atoms with Crippen LogP contribution >= 0.6 is 23.2 Å². The van der Waals surface area contributed by atoms with E-state index in [9.17, 15) is 19.2 Å². The van der Waals surface area contributed by atoms with Gasteiger partial charge in [0.05, 0.1) is 0 Å². The van der Waals surface area contributed by atoms with Gasteiger partial charge in [0.1, 0.15) is 0 Å². The van der Waals surface area contributed by atoms with Crippen molar-refractivity contribution in [2.45, 2.75) is 6.42 Å². The van der Waals surface area contributed by atoms with Gasteiger partial charge in [-0.25, -0.2) is 0 Å². The van der Waals surface area contributed by atoms with Crippen LogP contribution in [-0.2, 0) is 19.2 Å². The molecule has 8 heteroatoms. The SMILES string of the molecule is O=C(Cl)C1=CC(C(=O)O)(C(=O)O)CC(C(=O)Cl)=C1. The third kappa shape index (κ3) is 2.44. The molecule has 0 fully saturated rings. The first-order valence-corrected chi connectivity index (χ1v) is 5.26. The Bertz CT molecular complexity index is 502. The summed E-state index contributed by atoms with van der Waals surface area (Å²) < 4.78 is 0. The highest BCUT2D eigenvalue weighted by Crippen LogP contribution is 2.36. The average molecular weight is 293 g/mol. The van der Waals surface area contributed by atoms with E-state index >= 15 is 0 Å². The van der Waals surface area contributed by atoms with E-state index < -0.39 is 39.8 Å². The molecule has 0 amide bonds. The first kappa shape index (κ1) is 14.4. The number of carboxylic acid groups (broad SMARTS) is 2. The Hall–Kier alpha value is -1.66. The highest BCUT2D eigenvalue weighted by atomic mass is 35.5. The minimum absolute atomic E-state index is 0.298. The molecular weight excluding hydrogens is 287 g/mol. The van der Waals surface area contributed by atoms with Crippen LogP contribution in [0.1, 0.15) is 6.42 Å². The molecule has 0 bridgehead atoms. The second kappa shape index (κ2) is 4.91. The van der Waals surface area contributed by atoms with Crippen LogP contribution in [-0.4, -0.2) is 32.6 Å². The molecule has 0 aromatic rings. The van der Waals surface area contributed by atoms with E-state index in [2.05, 4.69) is 0 Å². The van der Waals surface area contributed by atoms with Gasteiger partial charge in [-0.3, -0.25) is 19.2 Å². The lowest BCUT2D eigenvalue weighted by molar-refractivity contribution is -0.160. The van der Waals surface area contributed by atoms with Crippen molar-refractivity contribution in [3.63, 3.8) is 0 Å². The van der Waals surface area contributed by atoms with Gasteiger partial charge in [-0.2, -0.15) is 0 Å². The fourth-order valence-electron chi connectivity index (χ4n) is 1.50. The van der Waals surface area contributed by atoms with E-state index in [0.717, 1.165) is 6.08 Å². The second-order valence-electron chi connectivity index (χ2n) is 3.58. The molecule has 18 heavy (non-hydrogen) atoms. The summed E-state index contributed by atoms with van der Waals surface area (Å²) in [6.07, 6.45) is 1.04. The molecule has 0 unspecified atom stereocenters. The van der Waals surface area contributed by atoms with Gasteiger partial charge in [0.2, 0.25) is 5.24 Å². The molecular formula is C10H6Cl2O6. The van der Waals surface area contributed by atoms with Crippen LogP contribution in [0.25, 0.3) is 0 Å². The van der Waals surface area contributed by atoms with E-state index in [4.69, 9.17) is 33.4 Å². The Morgan fingerprint density at radius 3 is 1.89 bits per heavy atom. The molecule has 0 spiro atoms. The standard InChI is InChI=1S/C10H6Cl2O6/c11-6(13)4-1-5(7(12)14)3-10(2-4,8(15)16)9(17)18/h1-2H,3H2,(H,15,16)(H,17,18). The number of hydrogen-bond donors (Lipinski definition) is 2. The molecule has 1 aliphatic carbocycles. The van der Waals surface area contributed by atoms with Gasteiger partial charge >= 0.3 is 11.9 Å². The molecule has 96 valence electrons. The molecule has 6 nitrogen and oxygen atoms in total. The summed E-state index contributed by atoms with van der Waals surface area (Å²) in [4.78, 5) is 44.2. The number of allylic oxidation sites excluding steroid dienone is 3. The minimum atomic E-state index is -2.42. The lowest BCUT2D eigenvalue weighted by Crippen LogP contribution is -2.40. The van der Waals surface area contributed by atoms with Gasteiger partial charge in [-0.05, 0) is 35.4 Å². The quantitative estimate of drug-likeness (QED) is 0.589. The molecule has 1 rings (SSSR count). The number of halogens is 2. The zero-order valence-electron chi connectivity index (χ0n) is 8.65. The molecule has 0 heterocycles. The van der Waals surface area contributed by atoms with Gasteiger partial charge in [0.15, 0.2) is 5.41 Å². The predicted molar refractivity (Wildman–Crippen MR) is 60.2 cm³/mol. The fourth-order valence-corrected chi connectivity index (χ4v) is 1.73. The Kier molecular flexibility index (Phi) is 3.93. The zero-order chi connectivity index (χ0) is 14.1. The van der Waals surface area contributed by atoms with Crippen LogP contribution in [0.5, 0.6) is 0 Å². The zero-order valence-corrected chi connectivity index (χ0v) is 10.2. The lowest BCUT2D eigenvalue weighted by Gasteiger charge is -2.25. The molecule has 0 aliphatic heterocycles. The van der Waals surface area contributed by atoms with Gasteiger partial charge in [-0.1, -0.05) is 0 Å². The molecule has 2 N–H and O–H groups in total. The highest BCUT2D eigenvalue weighted by molar-refractivity contribution is 6.69. The maximum absolute atomic E-state index is 11.1. The summed E-state index contributed by atoms with van der Waals surface area (Å²) in [5.74, 6) is -3.43. The summed E-state index contributed by atoms with van der Waals surface area (Å²) in [6.45, 7) is 0. The van der Waals surface area contributed by atoms with Crippen LogP contribution in [0, 0.1) is 5.41 Å². The van der Waals surface area contributed by atoms with Gasteiger partial charge in [0, 0.05) is 17.6 Å². The van der Waals surface area contributed by atoms with Crippen LogP contribution < -0.4 is 0 Å². The number of carbonyl (C=O) groups is 4. The summed E-state index contributed by atoms with van der Waals surface area (Å²) in [5.41, 5.74) is -3.11. The highest BCUT2D eigenvalue weighted by Gasteiger charge is 2.48. The largest absolute Gasteiger partial charge is 0.480 e. The smallest absolute Gasteiger partial charge is 0.325 e. The van der Waals surface area contributed by atoms with E-state index in [1.54, 1.807) is 0 Å². The number of carbonyl (C=O) groups excluding carboxylic acids is 2. The van der Waals surface area contributed by atoms with Crippen LogP contribution in [0.2, 0.25) is 0 Å². The van der Waals surface area contributed by atoms with Crippen molar-refractivity contribution in [1.29, 1.82) is 0 Å². The molecule has 1 aliphatic rings. The molecule has 0 radical (unpaired) electrons. The second-order valence-corrected chi connectivity index (χ2v) is 4.26. The van der Waals surface area contributed by atoms with Crippen LogP contribution in [0.3, 0.4) is 0 Å². The van der Waals surface area contributed by atoms with Gasteiger partial charge < -0.3 is 10.2 Å². The number of hydrogen-bond acceptors (Lipinski definition) is 4. The first-order valence-electron chi connectivity index (χ1n) is 4.50. The number of carboxylic acids is 2. The van der Waals surface area contributed by atoms with Gasteiger partial charge in [-0.15, -0.1) is 0 Å². The van der Waals surface area contributed by atoms with Crippen molar-refractivity contribution >= 4 is 45.6 Å². The van der Waals surface area contributed by atoms with Crippen molar-refractivity contribution in [1.82, 2.24) is 0 Å². The van der Waals surface area contributed by atoms with Crippen LogP contribution in [0.15, 0.2) is 23.3 Å². The average Bonchev–Trinajstić information content (AvgIpc) is 2.27. The summed E-state index contributed by atoms with van der Waals surface area (Å²) in [5, 5.41) is 15.9. The Morgan fingerprint density at radius 1 is 1.06 bits per heavy atom. The minimum Gasteiger partial charge on any atom is -0.480 e. The summed E-state index contributed by atoms with van der Waals surface area (Å²) >= 11 is 10.4. The summed E-state index contributed by atoms with van der Waals surface area (Å²) in [6, 6.07) is 0. The van der Waals surface area contributed by atoms with Crippen LogP contribution in [0.4, 0.5) is 0 Å². The van der Waals surface area contributed by atoms with Crippen molar-refractivity contribution in [2.75, 3.05) is 0 Å².